The summed E-state index contributed by atoms with van der Waals surface area (Å²) >= 11 is 3.44. The van der Waals surface area contributed by atoms with Crippen LogP contribution in [0.25, 0.3) is 0 Å². The Morgan fingerprint density at radius 3 is 2.36 bits per heavy atom. The fourth-order valence-electron chi connectivity index (χ4n) is 2.08. The number of hydrogen-bond donors (Lipinski definition) is 2. The van der Waals surface area contributed by atoms with Gasteiger partial charge in [0.15, 0.2) is 6.61 Å². The molecule has 5 nitrogen and oxygen atoms in total. The van der Waals surface area contributed by atoms with E-state index in [-0.39, 0.29) is 12.5 Å². The fraction of sp³-hybridized carbons (Fsp3) is 0.263. The standard InChI is InChI=1S/C19H21BrN2O3/c1-12(2)15-8-9-17(16(20)10-15)25-11-18(23)21-22-19(24)14-6-4-13(3)5-7-14/h4-10,12H,11H2,1-3H3,(H,21,23)(H,22,24). The van der Waals surface area contributed by atoms with Crippen LogP contribution in [-0.4, -0.2) is 18.4 Å². The van der Waals surface area contributed by atoms with Crippen molar-refractivity contribution in [3.63, 3.8) is 0 Å². The van der Waals surface area contributed by atoms with Gasteiger partial charge >= 0.3 is 0 Å². The van der Waals surface area contributed by atoms with Crippen molar-refractivity contribution in [2.24, 2.45) is 0 Å². The molecule has 132 valence electrons. The van der Waals surface area contributed by atoms with Gasteiger partial charge in [-0.05, 0) is 58.6 Å². The minimum atomic E-state index is -0.444. The highest BCUT2D eigenvalue weighted by atomic mass is 79.9. The van der Waals surface area contributed by atoms with Crippen molar-refractivity contribution in [1.82, 2.24) is 10.9 Å². The average molecular weight is 405 g/mol. The maximum absolute atomic E-state index is 11.9. The average Bonchev–Trinajstić information content (AvgIpc) is 2.59. The summed E-state index contributed by atoms with van der Waals surface area (Å²) in [5, 5.41) is 0. The topological polar surface area (TPSA) is 67.4 Å². The van der Waals surface area contributed by atoms with Crippen LogP contribution in [0.15, 0.2) is 46.9 Å². The molecule has 0 aliphatic rings. The molecule has 0 radical (unpaired) electrons. The monoisotopic (exact) mass is 404 g/mol. The second-order valence-corrected chi connectivity index (χ2v) is 6.86. The molecule has 0 aromatic heterocycles. The Labute approximate surface area is 155 Å². The molecule has 25 heavy (non-hydrogen) atoms. The number of amides is 2. The molecule has 0 atom stereocenters. The lowest BCUT2D eigenvalue weighted by atomic mass is 10.0. The third-order valence-corrected chi connectivity index (χ3v) is 4.23. The second kappa shape index (κ2) is 8.67. The Morgan fingerprint density at radius 1 is 1.08 bits per heavy atom. The molecule has 0 aliphatic carbocycles. The van der Waals surface area contributed by atoms with Crippen molar-refractivity contribution in [3.8, 4) is 5.75 Å². The summed E-state index contributed by atoms with van der Waals surface area (Å²) in [6, 6.07) is 12.8. The molecule has 0 spiro atoms. The first-order valence-electron chi connectivity index (χ1n) is 7.95. The van der Waals surface area contributed by atoms with Crippen LogP contribution in [0.1, 0.15) is 41.3 Å². The first-order valence-corrected chi connectivity index (χ1v) is 8.74. The van der Waals surface area contributed by atoms with Gasteiger partial charge in [0, 0.05) is 5.56 Å². The normalized spacial score (nSPS) is 10.4. The highest BCUT2D eigenvalue weighted by molar-refractivity contribution is 9.10. The molecule has 0 bridgehead atoms. The SMILES string of the molecule is Cc1ccc(C(=O)NNC(=O)COc2ccc(C(C)C)cc2Br)cc1. The van der Waals surface area contributed by atoms with Gasteiger partial charge in [0.25, 0.3) is 11.8 Å². The van der Waals surface area contributed by atoms with E-state index in [1.807, 2.05) is 37.3 Å². The lowest BCUT2D eigenvalue weighted by Gasteiger charge is -2.12. The summed E-state index contributed by atoms with van der Waals surface area (Å²) < 4.78 is 6.26. The van der Waals surface area contributed by atoms with E-state index in [0.29, 0.717) is 17.2 Å². The number of rotatable bonds is 5. The van der Waals surface area contributed by atoms with Crippen molar-refractivity contribution >= 4 is 27.7 Å². The van der Waals surface area contributed by atoms with Gasteiger partial charge in [0.1, 0.15) is 5.75 Å². The molecule has 2 aromatic rings. The molecule has 0 saturated carbocycles. The van der Waals surface area contributed by atoms with E-state index in [2.05, 4.69) is 40.6 Å². The maximum Gasteiger partial charge on any atom is 0.276 e. The first-order chi connectivity index (χ1) is 11.9. The fourth-order valence-corrected chi connectivity index (χ4v) is 2.59. The van der Waals surface area contributed by atoms with E-state index in [0.717, 1.165) is 10.0 Å². The zero-order valence-corrected chi connectivity index (χ0v) is 16.0. The van der Waals surface area contributed by atoms with Gasteiger partial charge in [0.05, 0.1) is 4.47 Å². The summed E-state index contributed by atoms with van der Waals surface area (Å²) in [5.41, 5.74) is 7.40. The molecule has 0 saturated heterocycles. The number of ether oxygens (including phenoxy) is 1. The zero-order valence-electron chi connectivity index (χ0n) is 14.4. The Balaban J connectivity index is 1.82. The lowest BCUT2D eigenvalue weighted by molar-refractivity contribution is -0.123. The summed E-state index contributed by atoms with van der Waals surface area (Å²) in [6.07, 6.45) is 0. The smallest absolute Gasteiger partial charge is 0.276 e. The minimum Gasteiger partial charge on any atom is -0.483 e. The van der Waals surface area contributed by atoms with Gasteiger partial charge in [-0.3, -0.25) is 20.4 Å². The zero-order chi connectivity index (χ0) is 18.4. The molecular formula is C19H21BrN2O3. The van der Waals surface area contributed by atoms with Gasteiger partial charge < -0.3 is 4.74 Å². The van der Waals surface area contributed by atoms with Crippen LogP contribution in [0.4, 0.5) is 0 Å². The molecule has 2 aromatic carbocycles. The van der Waals surface area contributed by atoms with Gasteiger partial charge in [0.2, 0.25) is 0 Å². The van der Waals surface area contributed by atoms with Crippen molar-refractivity contribution < 1.29 is 14.3 Å². The van der Waals surface area contributed by atoms with Crippen molar-refractivity contribution in [2.45, 2.75) is 26.7 Å². The van der Waals surface area contributed by atoms with Crippen LogP contribution < -0.4 is 15.6 Å². The van der Waals surface area contributed by atoms with Crippen LogP contribution in [0, 0.1) is 6.92 Å². The summed E-state index contributed by atoms with van der Waals surface area (Å²) in [4.78, 5) is 23.7. The van der Waals surface area contributed by atoms with Crippen molar-refractivity contribution in [3.05, 3.63) is 63.6 Å². The first kappa shape index (κ1) is 19.0. The molecule has 0 heterocycles. The van der Waals surface area contributed by atoms with E-state index in [1.54, 1.807) is 12.1 Å². The number of nitrogens with one attached hydrogen (secondary N) is 2. The molecule has 2 rings (SSSR count). The second-order valence-electron chi connectivity index (χ2n) is 6.00. The Bertz CT molecular complexity index is 758. The van der Waals surface area contributed by atoms with Crippen LogP contribution in [0.2, 0.25) is 0 Å². The highest BCUT2D eigenvalue weighted by Gasteiger charge is 2.10. The summed E-state index contributed by atoms with van der Waals surface area (Å²) in [5.74, 6) is 0.158. The third kappa shape index (κ3) is 5.60. The van der Waals surface area contributed by atoms with Gasteiger partial charge in [-0.2, -0.15) is 0 Å². The number of aryl methyl sites for hydroxylation is 1. The predicted molar refractivity (Wildman–Crippen MR) is 101 cm³/mol. The molecule has 0 unspecified atom stereocenters. The molecule has 2 amide bonds. The van der Waals surface area contributed by atoms with Crippen molar-refractivity contribution in [1.29, 1.82) is 0 Å². The van der Waals surface area contributed by atoms with E-state index < -0.39 is 5.91 Å². The van der Waals surface area contributed by atoms with Gasteiger partial charge in [-0.15, -0.1) is 0 Å². The number of hydrogen-bond acceptors (Lipinski definition) is 3. The molecule has 0 fully saturated rings. The quantitative estimate of drug-likeness (QED) is 0.746. The van der Waals surface area contributed by atoms with Gasteiger partial charge in [-0.1, -0.05) is 37.6 Å². The van der Waals surface area contributed by atoms with Crippen LogP contribution >= 0.6 is 15.9 Å². The van der Waals surface area contributed by atoms with Crippen LogP contribution in [0.3, 0.4) is 0 Å². The minimum absolute atomic E-state index is 0.201. The van der Waals surface area contributed by atoms with E-state index in [9.17, 15) is 9.59 Å². The predicted octanol–water partition coefficient (Wildman–Crippen LogP) is 3.72. The Kier molecular flexibility index (Phi) is 6.58. The number of carbonyl (C=O) groups excluding carboxylic acids is 2. The summed E-state index contributed by atoms with van der Waals surface area (Å²) in [7, 11) is 0. The maximum atomic E-state index is 11.9. The number of hydrazine groups is 1. The molecular weight excluding hydrogens is 384 g/mol. The van der Waals surface area contributed by atoms with E-state index >= 15 is 0 Å². The molecule has 2 N–H and O–H groups in total. The van der Waals surface area contributed by atoms with Crippen LogP contribution in [-0.2, 0) is 4.79 Å². The van der Waals surface area contributed by atoms with Crippen LogP contribution in [0.5, 0.6) is 5.75 Å². The van der Waals surface area contributed by atoms with Gasteiger partial charge in [-0.25, -0.2) is 0 Å². The summed E-state index contributed by atoms with van der Waals surface area (Å²) in [6.45, 7) is 5.94. The number of benzene rings is 2. The molecule has 6 heteroatoms. The van der Waals surface area contributed by atoms with Crippen molar-refractivity contribution in [2.75, 3.05) is 6.61 Å². The lowest BCUT2D eigenvalue weighted by Crippen LogP contribution is -2.43. The van der Waals surface area contributed by atoms with E-state index in [4.69, 9.17) is 4.74 Å². The highest BCUT2D eigenvalue weighted by Crippen LogP contribution is 2.28. The number of carbonyl (C=O) groups is 2. The Morgan fingerprint density at radius 2 is 1.76 bits per heavy atom. The Hall–Kier alpha value is -2.34. The largest absolute Gasteiger partial charge is 0.483 e. The molecule has 0 aliphatic heterocycles. The third-order valence-electron chi connectivity index (χ3n) is 3.61. The van der Waals surface area contributed by atoms with E-state index in [1.165, 1.54) is 5.56 Å². The number of halogens is 1.